The number of H-pyrrole nitrogens is 1. The molecule has 1 N–H and O–H groups in total. The highest BCUT2D eigenvalue weighted by atomic mass is 19.3. The Morgan fingerprint density at radius 2 is 1.92 bits per heavy atom. The number of imidazole rings is 1. The molecular formula is C18H19BF2N4O. The molecule has 8 heteroatoms. The first-order chi connectivity index (χ1) is 12.5. The number of benzene rings is 2. The molecule has 0 saturated carbocycles. The van der Waals surface area contributed by atoms with E-state index in [1.807, 2.05) is 32.0 Å². The van der Waals surface area contributed by atoms with Gasteiger partial charge in [0.2, 0.25) is 0 Å². The molecule has 0 spiro atoms. The molecular weight excluding hydrogens is 337 g/mol. The Bertz CT molecular complexity index is 965. The average molecular weight is 356 g/mol. The fourth-order valence-electron chi connectivity index (χ4n) is 3.23. The highest BCUT2D eigenvalue weighted by Gasteiger charge is 2.44. The maximum absolute atomic E-state index is 14.7. The molecule has 0 amide bonds. The smallest absolute Gasteiger partial charge is 0.630 e. The fraction of sp³-hybridized carbons (Fsp3) is 0.222. The lowest BCUT2D eigenvalue weighted by atomic mass is 10.00. The molecule has 0 radical (unpaired) electrons. The first-order valence-corrected chi connectivity index (χ1v) is 8.69. The van der Waals surface area contributed by atoms with E-state index in [0.717, 1.165) is 23.3 Å². The molecule has 2 heterocycles. The third-order valence-electron chi connectivity index (χ3n) is 4.62. The number of nitrogens with one attached hydrogen (secondary N) is 1. The first kappa shape index (κ1) is 16.6. The number of aromatic nitrogens is 2. The molecule has 1 aliphatic heterocycles. The van der Waals surface area contributed by atoms with Gasteiger partial charge in [-0.15, -0.1) is 0 Å². The van der Waals surface area contributed by atoms with E-state index in [1.54, 1.807) is 24.3 Å². The van der Waals surface area contributed by atoms with Crippen molar-refractivity contribution in [1.29, 1.82) is 0 Å². The van der Waals surface area contributed by atoms with Gasteiger partial charge in [0.05, 0.1) is 5.75 Å². The molecule has 1 aromatic heterocycles. The number of para-hydroxylation sites is 2. The minimum Gasteiger partial charge on any atom is -0.630 e. The van der Waals surface area contributed by atoms with E-state index < -0.39 is 7.04 Å². The van der Waals surface area contributed by atoms with Crippen molar-refractivity contribution < 1.29 is 17.8 Å². The van der Waals surface area contributed by atoms with Crippen LogP contribution in [0.4, 0.5) is 20.3 Å². The third kappa shape index (κ3) is 2.71. The summed E-state index contributed by atoms with van der Waals surface area (Å²) in [4.78, 5) is 9.28. The van der Waals surface area contributed by atoms with E-state index in [2.05, 4.69) is 14.9 Å². The van der Waals surface area contributed by atoms with Gasteiger partial charge in [0.15, 0.2) is 5.52 Å². The highest BCUT2D eigenvalue weighted by molar-refractivity contribution is 6.53. The summed E-state index contributed by atoms with van der Waals surface area (Å²) in [6, 6.07) is 12.6. The number of hydrogen-bond acceptors (Lipinski definition) is 3. The van der Waals surface area contributed by atoms with Gasteiger partial charge in [0.1, 0.15) is 5.52 Å². The minimum absolute atomic E-state index is 0.0645. The van der Waals surface area contributed by atoms with Gasteiger partial charge in [0, 0.05) is 30.6 Å². The normalized spacial score (nSPS) is 15.3. The zero-order valence-electron chi connectivity index (χ0n) is 14.6. The molecule has 134 valence electrons. The van der Waals surface area contributed by atoms with Crippen LogP contribution >= 0.6 is 0 Å². The fourth-order valence-corrected chi connectivity index (χ4v) is 3.23. The van der Waals surface area contributed by atoms with Crippen LogP contribution in [0.5, 0.6) is 5.75 Å². The summed E-state index contributed by atoms with van der Waals surface area (Å²) in [5, 5.41) is 0. The van der Waals surface area contributed by atoms with Gasteiger partial charge in [-0.2, -0.15) is 0 Å². The van der Waals surface area contributed by atoms with Gasteiger partial charge >= 0.3 is 13.0 Å². The number of hydrogen-bond donors (Lipinski definition) is 1. The van der Waals surface area contributed by atoms with E-state index in [9.17, 15) is 8.63 Å². The second-order valence-electron chi connectivity index (χ2n) is 6.19. The van der Waals surface area contributed by atoms with Crippen molar-refractivity contribution in [3.05, 3.63) is 48.0 Å². The van der Waals surface area contributed by atoms with Gasteiger partial charge in [-0.25, -0.2) is 4.98 Å². The van der Waals surface area contributed by atoms with Crippen LogP contribution in [-0.2, 0) is 0 Å². The number of nitrogens with zero attached hydrogens (tertiary/aromatic N) is 3. The van der Waals surface area contributed by atoms with Gasteiger partial charge in [-0.1, -0.05) is 17.1 Å². The summed E-state index contributed by atoms with van der Waals surface area (Å²) in [5.41, 5.74) is 2.79. The van der Waals surface area contributed by atoms with Crippen molar-refractivity contribution in [2.24, 2.45) is 0 Å². The zero-order valence-corrected chi connectivity index (χ0v) is 14.6. The van der Waals surface area contributed by atoms with Crippen LogP contribution in [0.1, 0.15) is 19.4 Å². The Kier molecular flexibility index (Phi) is 3.90. The second-order valence-corrected chi connectivity index (χ2v) is 6.19. The van der Waals surface area contributed by atoms with E-state index in [4.69, 9.17) is 4.65 Å². The van der Waals surface area contributed by atoms with E-state index in [-0.39, 0.29) is 11.7 Å². The van der Waals surface area contributed by atoms with Gasteiger partial charge in [0.25, 0.3) is 0 Å². The van der Waals surface area contributed by atoms with Crippen molar-refractivity contribution in [2.45, 2.75) is 13.8 Å². The summed E-state index contributed by atoms with van der Waals surface area (Å²) in [6.07, 6.45) is 1.39. The molecule has 0 saturated heterocycles. The van der Waals surface area contributed by atoms with E-state index in [1.165, 1.54) is 6.21 Å². The van der Waals surface area contributed by atoms with Crippen molar-refractivity contribution >= 4 is 35.9 Å². The highest BCUT2D eigenvalue weighted by Crippen LogP contribution is 2.33. The maximum Gasteiger partial charge on any atom is 0.701 e. The molecule has 0 bridgehead atoms. The van der Waals surface area contributed by atoms with Crippen LogP contribution in [-0.4, -0.2) is 40.8 Å². The maximum atomic E-state index is 14.7. The first-order valence-electron chi connectivity index (χ1n) is 8.69. The van der Waals surface area contributed by atoms with Crippen LogP contribution < -0.4 is 9.55 Å². The molecule has 4 rings (SSSR count). The Balaban J connectivity index is 1.79. The SMILES string of the molecule is CCN(CC)c1ccc2c(c1)O[B-](F)(F)[N+](c1nc3ccccc3[nH]1)=C2. The summed E-state index contributed by atoms with van der Waals surface area (Å²) in [6.45, 7) is 5.65. The largest absolute Gasteiger partial charge is 0.701 e. The van der Waals surface area contributed by atoms with Crippen LogP contribution in [0.3, 0.4) is 0 Å². The third-order valence-corrected chi connectivity index (χ3v) is 4.62. The predicted octanol–water partition coefficient (Wildman–Crippen LogP) is 3.94. The average Bonchev–Trinajstić information content (AvgIpc) is 3.05. The van der Waals surface area contributed by atoms with Crippen molar-refractivity contribution in [3.8, 4) is 5.75 Å². The lowest BCUT2D eigenvalue weighted by Gasteiger charge is -2.32. The van der Waals surface area contributed by atoms with Crippen LogP contribution in [0.25, 0.3) is 11.0 Å². The molecule has 0 atom stereocenters. The van der Waals surface area contributed by atoms with E-state index in [0.29, 0.717) is 16.6 Å². The monoisotopic (exact) mass is 356 g/mol. The standard InChI is InChI=1S/C18H19BF2N4O/c1-3-24(4-2)14-10-9-13-12-25(19(20,21)26-17(13)11-14)18-22-15-7-5-6-8-16(15)23-18/h5-12H,3-4H2,1-2H3,(H,22,23). The molecule has 26 heavy (non-hydrogen) atoms. The summed E-state index contributed by atoms with van der Waals surface area (Å²) < 4.78 is 35.3. The lowest BCUT2D eigenvalue weighted by Crippen LogP contribution is -2.47. The molecule has 3 aromatic rings. The number of anilines is 1. The summed E-state index contributed by atoms with van der Waals surface area (Å²) in [5.74, 6) is 0.251. The van der Waals surface area contributed by atoms with Crippen LogP contribution in [0, 0.1) is 0 Å². The Morgan fingerprint density at radius 3 is 2.65 bits per heavy atom. The van der Waals surface area contributed by atoms with Crippen molar-refractivity contribution in [1.82, 2.24) is 9.97 Å². The van der Waals surface area contributed by atoms with Crippen molar-refractivity contribution in [2.75, 3.05) is 18.0 Å². The van der Waals surface area contributed by atoms with Crippen molar-refractivity contribution in [3.63, 3.8) is 0 Å². The molecule has 0 unspecified atom stereocenters. The van der Waals surface area contributed by atoms with Crippen LogP contribution in [0.2, 0.25) is 0 Å². The predicted molar refractivity (Wildman–Crippen MR) is 99.8 cm³/mol. The topological polar surface area (TPSA) is 44.2 Å². The van der Waals surface area contributed by atoms with Gasteiger partial charge in [-0.3, -0.25) is 0 Å². The minimum atomic E-state index is -4.28. The molecule has 2 aromatic carbocycles. The Morgan fingerprint density at radius 1 is 1.15 bits per heavy atom. The van der Waals surface area contributed by atoms with E-state index >= 15 is 0 Å². The number of aromatic amines is 1. The lowest BCUT2D eigenvalue weighted by molar-refractivity contribution is -0.352. The number of fused-ring (bicyclic) bond motifs is 2. The Labute approximate surface area is 150 Å². The number of halogens is 2. The second kappa shape index (κ2) is 6.12. The zero-order chi connectivity index (χ0) is 18.3. The molecule has 0 fully saturated rings. The Hall–Kier alpha value is -2.90. The summed E-state index contributed by atoms with van der Waals surface area (Å²) >= 11 is 0. The van der Waals surface area contributed by atoms with Crippen LogP contribution in [0.15, 0.2) is 42.5 Å². The quantitative estimate of drug-likeness (QED) is 0.721. The van der Waals surface area contributed by atoms with Gasteiger partial charge in [-0.05, 0) is 44.2 Å². The molecule has 0 aliphatic carbocycles. The number of rotatable bonds is 4. The molecule has 5 nitrogen and oxygen atoms in total. The summed E-state index contributed by atoms with van der Waals surface area (Å²) in [7, 11) is -4.28. The molecule has 1 aliphatic rings. The van der Waals surface area contributed by atoms with Gasteiger partial charge < -0.3 is 22.7 Å².